The maximum atomic E-state index is 11.9. The van der Waals surface area contributed by atoms with Gasteiger partial charge in [-0.1, -0.05) is 29.8 Å². The van der Waals surface area contributed by atoms with Crippen LogP contribution in [0.15, 0.2) is 29.6 Å². The number of hydrogen-bond acceptors (Lipinski definition) is 4. The minimum Gasteiger partial charge on any atom is -0.481 e. The van der Waals surface area contributed by atoms with Crippen LogP contribution in [0.4, 0.5) is 0 Å². The fraction of sp³-hybridized carbons (Fsp3) is 0.333. The minimum atomic E-state index is -1.12. The summed E-state index contributed by atoms with van der Waals surface area (Å²) in [5.74, 6) is -0.906. The quantitative estimate of drug-likeness (QED) is 0.885. The van der Waals surface area contributed by atoms with E-state index in [9.17, 15) is 9.90 Å². The van der Waals surface area contributed by atoms with Crippen LogP contribution in [0.5, 0.6) is 0 Å². The SMILES string of the molecule is Cc1cccc(C(CN)(Cc2csc(C)n2)C(=O)O)c1. The van der Waals surface area contributed by atoms with Crippen molar-refractivity contribution in [1.82, 2.24) is 4.98 Å². The van der Waals surface area contributed by atoms with Gasteiger partial charge in [0.1, 0.15) is 5.41 Å². The highest BCUT2D eigenvalue weighted by molar-refractivity contribution is 7.09. The van der Waals surface area contributed by atoms with Gasteiger partial charge in [-0.3, -0.25) is 4.79 Å². The Labute approximate surface area is 122 Å². The number of aliphatic carboxylic acids is 1. The Morgan fingerprint density at radius 1 is 1.45 bits per heavy atom. The summed E-state index contributed by atoms with van der Waals surface area (Å²) in [6, 6.07) is 7.53. The van der Waals surface area contributed by atoms with Gasteiger partial charge < -0.3 is 10.8 Å². The van der Waals surface area contributed by atoms with Crippen molar-refractivity contribution in [3.63, 3.8) is 0 Å². The van der Waals surface area contributed by atoms with E-state index in [4.69, 9.17) is 5.73 Å². The molecular formula is C15H18N2O2S. The van der Waals surface area contributed by atoms with Gasteiger partial charge in [0.05, 0.1) is 10.7 Å². The number of aryl methyl sites for hydroxylation is 2. The number of carboxylic acids is 1. The monoisotopic (exact) mass is 290 g/mol. The van der Waals surface area contributed by atoms with Crippen molar-refractivity contribution in [2.45, 2.75) is 25.7 Å². The standard InChI is InChI=1S/C15H18N2O2S/c1-10-4-3-5-12(6-10)15(9-16,14(18)19)7-13-8-20-11(2)17-13/h3-6,8H,7,9,16H2,1-2H3,(H,18,19). The lowest BCUT2D eigenvalue weighted by Gasteiger charge is -2.28. The van der Waals surface area contributed by atoms with Crippen LogP contribution in [0, 0.1) is 13.8 Å². The largest absolute Gasteiger partial charge is 0.481 e. The second-order valence-corrected chi connectivity index (χ2v) is 6.06. The molecule has 2 aromatic rings. The van der Waals surface area contributed by atoms with Crippen LogP contribution in [0.3, 0.4) is 0 Å². The number of nitrogens with two attached hydrogens (primary N) is 1. The number of benzene rings is 1. The zero-order chi connectivity index (χ0) is 14.8. The smallest absolute Gasteiger partial charge is 0.315 e. The second kappa shape index (κ2) is 5.73. The molecule has 1 heterocycles. The summed E-state index contributed by atoms with van der Waals surface area (Å²) in [7, 11) is 0. The summed E-state index contributed by atoms with van der Waals surface area (Å²) < 4.78 is 0. The second-order valence-electron chi connectivity index (χ2n) is 5.00. The van der Waals surface area contributed by atoms with Gasteiger partial charge in [-0.2, -0.15) is 0 Å². The maximum Gasteiger partial charge on any atom is 0.315 e. The topological polar surface area (TPSA) is 76.2 Å². The van der Waals surface area contributed by atoms with E-state index in [1.165, 1.54) is 11.3 Å². The Morgan fingerprint density at radius 2 is 2.20 bits per heavy atom. The Bertz CT molecular complexity index is 624. The molecule has 1 atom stereocenters. The number of rotatable bonds is 5. The molecule has 3 N–H and O–H groups in total. The van der Waals surface area contributed by atoms with Gasteiger partial charge in [0, 0.05) is 18.3 Å². The van der Waals surface area contributed by atoms with Crippen LogP contribution in [0.1, 0.15) is 21.8 Å². The zero-order valence-corrected chi connectivity index (χ0v) is 12.4. The average Bonchev–Trinajstić information content (AvgIpc) is 2.81. The van der Waals surface area contributed by atoms with Crippen LogP contribution in [-0.2, 0) is 16.6 Å². The molecule has 0 spiro atoms. The van der Waals surface area contributed by atoms with E-state index in [1.807, 2.05) is 43.5 Å². The van der Waals surface area contributed by atoms with Crippen LogP contribution in [0.25, 0.3) is 0 Å². The number of thiazole rings is 1. The first kappa shape index (κ1) is 14.7. The van der Waals surface area contributed by atoms with Crippen LogP contribution >= 0.6 is 11.3 Å². The molecule has 0 fully saturated rings. The van der Waals surface area contributed by atoms with Crippen LogP contribution in [-0.4, -0.2) is 22.6 Å². The number of nitrogens with zero attached hydrogens (tertiary/aromatic N) is 1. The maximum absolute atomic E-state index is 11.9. The van der Waals surface area contributed by atoms with Crippen LogP contribution < -0.4 is 5.73 Å². The van der Waals surface area contributed by atoms with Crippen molar-refractivity contribution >= 4 is 17.3 Å². The molecule has 106 valence electrons. The predicted molar refractivity (Wildman–Crippen MR) is 80.1 cm³/mol. The molecule has 1 aromatic heterocycles. The first-order valence-corrected chi connectivity index (χ1v) is 7.27. The highest BCUT2D eigenvalue weighted by atomic mass is 32.1. The molecule has 0 bridgehead atoms. The fourth-order valence-electron chi connectivity index (χ4n) is 2.32. The normalized spacial score (nSPS) is 13.9. The molecule has 0 saturated carbocycles. The summed E-state index contributed by atoms with van der Waals surface area (Å²) in [5, 5.41) is 12.6. The lowest BCUT2D eigenvalue weighted by Crippen LogP contribution is -2.45. The Morgan fingerprint density at radius 3 is 2.70 bits per heavy atom. The summed E-state index contributed by atoms with van der Waals surface area (Å²) in [4.78, 5) is 16.2. The Balaban J connectivity index is 2.47. The van der Waals surface area contributed by atoms with Gasteiger partial charge in [0.15, 0.2) is 0 Å². The van der Waals surface area contributed by atoms with E-state index in [2.05, 4.69) is 4.98 Å². The zero-order valence-electron chi connectivity index (χ0n) is 11.6. The van der Waals surface area contributed by atoms with Gasteiger partial charge in [0.2, 0.25) is 0 Å². The molecule has 0 aliphatic carbocycles. The predicted octanol–water partition coefficient (Wildman–Crippen LogP) is 2.28. The average molecular weight is 290 g/mol. The fourth-order valence-corrected chi connectivity index (χ4v) is 2.93. The highest BCUT2D eigenvalue weighted by Crippen LogP contribution is 2.29. The van der Waals surface area contributed by atoms with E-state index in [1.54, 1.807) is 0 Å². The molecule has 0 saturated heterocycles. The summed E-state index contributed by atoms with van der Waals surface area (Å²) >= 11 is 1.52. The number of aromatic nitrogens is 1. The van der Waals surface area contributed by atoms with E-state index in [-0.39, 0.29) is 6.54 Å². The van der Waals surface area contributed by atoms with Crippen molar-refractivity contribution in [1.29, 1.82) is 0 Å². The first-order chi connectivity index (χ1) is 9.48. The van der Waals surface area contributed by atoms with Crippen molar-refractivity contribution in [2.75, 3.05) is 6.54 Å². The molecule has 2 rings (SSSR count). The first-order valence-electron chi connectivity index (χ1n) is 6.39. The third-order valence-electron chi connectivity index (χ3n) is 3.48. The van der Waals surface area contributed by atoms with E-state index in [0.717, 1.165) is 21.8 Å². The van der Waals surface area contributed by atoms with E-state index >= 15 is 0 Å². The minimum absolute atomic E-state index is 0.0440. The third kappa shape index (κ3) is 2.73. The molecule has 4 nitrogen and oxygen atoms in total. The number of hydrogen-bond donors (Lipinski definition) is 2. The van der Waals surface area contributed by atoms with E-state index in [0.29, 0.717) is 6.42 Å². The molecule has 5 heteroatoms. The third-order valence-corrected chi connectivity index (χ3v) is 4.30. The number of carbonyl (C=O) groups is 1. The summed E-state index contributed by atoms with van der Waals surface area (Å²) in [6.45, 7) is 3.90. The molecule has 20 heavy (non-hydrogen) atoms. The summed E-state index contributed by atoms with van der Waals surface area (Å²) in [5.41, 5.74) is 7.26. The van der Waals surface area contributed by atoms with Crippen LogP contribution in [0.2, 0.25) is 0 Å². The van der Waals surface area contributed by atoms with Gasteiger partial charge in [-0.05, 0) is 19.4 Å². The lowest BCUT2D eigenvalue weighted by molar-refractivity contribution is -0.143. The van der Waals surface area contributed by atoms with Gasteiger partial charge in [0.25, 0.3) is 0 Å². The van der Waals surface area contributed by atoms with Crippen molar-refractivity contribution in [3.05, 3.63) is 51.5 Å². The molecule has 0 radical (unpaired) electrons. The Hall–Kier alpha value is -1.72. The Kier molecular flexibility index (Phi) is 4.20. The molecular weight excluding hydrogens is 272 g/mol. The molecule has 1 unspecified atom stereocenters. The highest BCUT2D eigenvalue weighted by Gasteiger charge is 2.40. The van der Waals surface area contributed by atoms with Crippen molar-refractivity contribution < 1.29 is 9.90 Å². The van der Waals surface area contributed by atoms with Gasteiger partial charge >= 0.3 is 5.97 Å². The van der Waals surface area contributed by atoms with Gasteiger partial charge in [-0.25, -0.2) is 4.98 Å². The van der Waals surface area contributed by atoms with Gasteiger partial charge in [-0.15, -0.1) is 11.3 Å². The molecule has 1 aromatic carbocycles. The van der Waals surface area contributed by atoms with E-state index < -0.39 is 11.4 Å². The van der Waals surface area contributed by atoms with Crippen molar-refractivity contribution in [3.8, 4) is 0 Å². The lowest BCUT2D eigenvalue weighted by atomic mass is 9.76. The summed E-state index contributed by atoms with van der Waals surface area (Å²) in [6.07, 6.45) is 0.312. The number of carboxylic acid groups (broad SMARTS) is 1. The molecule has 0 aliphatic rings. The molecule has 0 amide bonds. The van der Waals surface area contributed by atoms with Crippen molar-refractivity contribution in [2.24, 2.45) is 5.73 Å². The molecule has 0 aliphatic heterocycles.